The van der Waals surface area contributed by atoms with E-state index in [0.717, 1.165) is 58.2 Å². The molecule has 1 amide bonds. The molecule has 0 radical (unpaired) electrons. The lowest BCUT2D eigenvalue weighted by molar-refractivity contribution is -0.142. The number of carbonyl (C=O) groups is 1. The fraction of sp³-hybridized carbons (Fsp3) is 0.938. The van der Waals surface area contributed by atoms with Gasteiger partial charge in [0.05, 0.1) is 6.10 Å². The Morgan fingerprint density at radius 1 is 1.30 bits per heavy atom. The van der Waals surface area contributed by atoms with E-state index in [-0.39, 0.29) is 18.1 Å². The van der Waals surface area contributed by atoms with Gasteiger partial charge in [0.25, 0.3) is 0 Å². The van der Waals surface area contributed by atoms with Gasteiger partial charge in [-0.05, 0) is 38.0 Å². The standard InChI is InChI=1S/C16H30N2O2/c1-3-10-20-13-6-5-9-18(11-13)16(19)14-7-4-8-15(17)12(14)2/h12-15H,3-11,17H2,1-2H3. The van der Waals surface area contributed by atoms with E-state index in [9.17, 15) is 4.79 Å². The van der Waals surface area contributed by atoms with Crippen molar-refractivity contribution >= 4 is 5.91 Å². The molecule has 0 spiro atoms. The molecule has 0 aromatic carbocycles. The number of nitrogens with two attached hydrogens (primary N) is 1. The van der Waals surface area contributed by atoms with Crippen molar-refractivity contribution in [3.05, 3.63) is 0 Å². The van der Waals surface area contributed by atoms with Gasteiger partial charge in [-0.15, -0.1) is 0 Å². The molecule has 0 bridgehead atoms. The number of ether oxygens (including phenoxy) is 1. The minimum atomic E-state index is 0.128. The zero-order valence-corrected chi connectivity index (χ0v) is 13.0. The van der Waals surface area contributed by atoms with Crippen LogP contribution >= 0.6 is 0 Å². The van der Waals surface area contributed by atoms with Crippen LogP contribution in [0.5, 0.6) is 0 Å². The van der Waals surface area contributed by atoms with Crippen molar-refractivity contribution in [2.24, 2.45) is 17.6 Å². The van der Waals surface area contributed by atoms with E-state index in [0.29, 0.717) is 11.8 Å². The number of carbonyl (C=O) groups excluding carboxylic acids is 1. The first-order valence-electron chi connectivity index (χ1n) is 8.29. The van der Waals surface area contributed by atoms with Crippen LogP contribution in [0.1, 0.15) is 52.4 Å². The van der Waals surface area contributed by atoms with E-state index in [1.807, 2.05) is 4.90 Å². The van der Waals surface area contributed by atoms with E-state index in [1.54, 1.807) is 0 Å². The van der Waals surface area contributed by atoms with Gasteiger partial charge in [0.2, 0.25) is 5.91 Å². The van der Waals surface area contributed by atoms with Crippen molar-refractivity contribution < 1.29 is 9.53 Å². The maximum absolute atomic E-state index is 12.7. The van der Waals surface area contributed by atoms with Crippen molar-refractivity contribution in [2.75, 3.05) is 19.7 Å². The highest BCUT2D eigenvalue weighted by Gasteiger charge is 2.36. The summed E-state index contributed by atoms with van der Waals surface area (Å²) in [5.41, 5.74) is 6.13. The zero-order chi connectivity index (χ0) is 14.5. The number of piperidine rings is 1. The first-order chi connectivity index (χ1) is 9.63. The predicted octanol–water partition coefficient (Wildman–Crippen LogP) is 2.17. The first kappa shape index (κ1) is 15.8. The van der Waals surface area contributed by atoms with Crippen LogP contribution in [0.2, 0.25) is 0 Å². The van der Waals surface area contributed by atoms with E-state index in [2.05, 4.69) is 13.8 Å². The maximum atomic E-state index is 12.7. The Hall–Kier alpha value is -0.610. The highest BCUT2D eigenvalue weighted by molar-refractivity contribution is 5.79. The lowest BCUT2D eigenvalue weighted by Gasteiger charge is -2.39. The monoisotopic (exact) mass is 282 g/mol. The number of rotatable bonds is 4. The summed E-state index contributed by atoms with van der Waals surface area (Å²) >= 11 is 0. The molecule has 116 valence electrons. The average molecular weight is 282 g/mol. The zero-order valence-electron chi connectivity index (χ0n) is 13.0. The van der Waals surface area contributed by atoms with Crippen molar-refractivity contribution in [3.63, 3.8) is 0 Å². The number of hydrogen-bond donors (Lipinski definition) is 1. The summed E-state index contributed by atoms with van der Waals surface area (Å²) in [4.78, 5) is 14.8. The first-order valence-corrected chi connectivity index (χ1v) is 8.29. The van der Waals surface area contributed by atoms with Crippen molar-refractivity contribution in [2.45, 2.75) is 64.5 Å². The Balaban J connectivity index is 1.90. The van der Waals surface area contributed by atoms with Gasteiger partial charge >= 0.3 is 0 Å². The summed E-state index contributed by atoms with van der Waals surface area (Å²) in [5, 5.41) is 0. The van der Waals surface area contributed by atoms with Crippen LogP contribution in [0.15, 0.2) is 0 Å². The fourth-order valence-corrected chi connectivity index (χ4v) is 3.54. The van der Waals surface area contributed by atoms with Crippen molar-refractivity contribution in [1.82, 2.24) is 4.90 Å². The Bertz CT molecular complexity index is 322. The lowest BCUT2D eigenvalue weighted by Crippen LogP contribution is -2.50. The van der Waals surface area contributed by atoms with Gasteiger partial charge in [0.1, 0.15) is 0 Å². The van der Waals surface area contributed by atoms with Gasteiger partial charge in [-0.3, -0.25) is 4.79 Å². The Morgan fingerprint density at radius 2 is 2.10 bits per heavy atom. The summed E-state index contributed by atoms with van der Waals surface area (Å²) in [7, 11) is 0. The van der Waals surface area contributed by atoms with E-state index in [4.69, 9.17) is 10.5 Å². The summed E-state index contributed by atoms with van der Waals surface area (Å²) in [6.07, 6.45) is 6.58. The molecular formula is C16H30N2O2. The minimum absolute atomic E-state index is 0.128. The molecule has 1 aliphatic heterocycles. The van der Waals surface area contributed by atoms with Gasteiger partial charge in [0.15, 0.2) is 0 Å². The summed E-state index contributed by atoms with van der Waals surface area (Å²) < 4.78 is 5.83. The molecule has 4 heteroatoms. The molecule has 2 aliphatic rings. The third-order valence-corrected chi connectivity index (χ3v) is 4.93. The molecular weight excluding hydrogens is 252 g/mol. The largest absolute Gasteiger partial charge is 0.376 e. The molecule has 4 nitrogen and oxygen atoms in total. The Labute approximate surface area is 123 Å². The normalized spacial score (nSPS) is 35.0. The molecule has 0 aromatic rings. The molecule has 1 aliphatic carbocycles. The smallest absolute Gasteiger partial charge is 0.226 e. The number of amides is 1. The van der Waals surface area contributed by atoms with E-state index in [1.165, 1.54) is 0 Å². The van der Waals surface area contributed by atoms with Crippen LogP contribution in [0, 0.1) is 11.8 Å². The second kappa shape index (κ2) is 7.41. The molecule has 1 saturated carbocycles. The molecule has 4 atom stereocenters. The van der Waals surface area contributed by atoms with Gasteiger partial charge in [0, 0.05) is 31.7 Å². The van der Waals surface area contributed by atoms with Gasteiger partial charge in [-0.2, -0.15) is 0 Å². The van der Waals surface area contributed by atoms with E-state index >= 15 is 0 Å². The van der Waals surface area contributed by atoms with Crippen LogP contribution in [0.25, 0.3) is 0 Å². The molecule has 1 saturated heterocycles. The number of hydrogen-bond acceptors (Lipinski definition) is 3. The molecule has 1 heterocycles. The maximum Gasteiger partial charge on any atom is 0.226 e. The third-order valence-electron chi connectivity index (χ3n) is 4.93. The minimum Gasteiger partial charge on any atom is -0.376 e. The molecule has 2 N–H and O–H groups in total. The number of likely N-dealkylation sites (tertiary alicyclic amines) is 1. The Morgan fingerprint density at radius 3 is 2.85 bits per heavy atom. The highest BCUT2D eigenvalue weighted by atomic mass is 16.5. The molecule has 2 fully saturated rings. The van der Waals surface area contributed by atoms with Crippen molar-refractivity contribution in [1.29, 1.82) is 0 Å². The molecule has 2 rings (SSSR count). The van der Waals surface area contributed by atoms with Crippen LogP contribution < -0.4 is 5.73 Å². The predicted molar refractivity (Wildman–Crippen MR) is 80.3 cm³/mol. The van der Waals surface area contributed by atoms with Crippen LogP contribution in [-0.2, 0) is 9.53 Å². The lowest BCUT2D eigenvalue weighted by atomic mass is 9.76. The Kier molecular flexibility index (Phi) is 5.85. The third kappa shape index (κ3) is 3.73. The van der Waals surface area contributed by atoms with Crippen LogP contribution in [0.3, 0.4) is 0 Å². The quantitative estimate of drug-likeness (QED) is 0.859. The highest BCUT2D eigenvalue weighted by Crippen LogP contribution is 2.31. The van der Waals surface area contributed by atoms with E-state index < -0.39 is 0 Å². The second-order valence-corrected chi connectivity index (χ2v) is 6.48. The summed E-state index contributed by atoms with van der Waals surface area (Å²) in [5.74, 6) is 0.759. The van der Waals surface area contributed by atoms with Crippen molar-refractivity contribution in [3.8, 4) is 0 Å². The number of nitrogens with zero attached hydrogens (tertiary/aromatic N) is 1. The summed E-state index contributed by atoms with van der Waals surface area (Å²) in [6.45, 7) is 6.73. The van der Waals surface area contributed by atoms with Gasteiger partial charge < -0.3 is 15.4 Å². The fourth-order valence-electron chi connectivity index (χ4n) is 3.54. The van der Waals surface area contributed by atoms with Crippen LogP contribution in [-0.4, -0.2) is 42.6 Å². The SMILES string of the molecule is CCCOC1CCCN(C(=O)C2CCCC(N)C2C)C1. The molecule has 0 aromatic heterocycles. The molecule has 20 heavy (non-hydrogen) atoms. The van der Waals surface area contributed by atoms with Gasteiger partial charge in [-0.1, -0.05) is 20.3 Å². The van der Waals surface area contributed by atoms with Crippen LogP contribution in [0.4, 0.5) is 0 Å². The summed E-state index contributed by atoms with van der Waals surface area (Å²) in [6, 6.07) is 0.189. The topological polar surface area (TPSA) is 55.6 Å². The second-order valence-electron chi connectivity index (χ2n) is 6.48. The molecule has 4 unspecified atom stereocenters. The van der Waals surface area contributed by atoms with Gasteiger partial charge in [-0.25, -0.2) is 0 Å². The average Bonchev–Trinajstić information content (AvgIpc) is 2.47.